The molecular weight excluding hydrogens is 443 g/mol. The number of nitriles is 1. The molecule has 2 bridgehead atoms. The second-order valence-electron chi connectivity index (χ2n) is 8.96. The number of halogens is 3. The lowest BCUT2D eigenvalue weighted by molar-refractivity contribution is -0.274. The highest BCUT2D eigenvalue weighted by Crippen LogP contribution is 2.40. The summed E-state index contributed by atoms with van der Waals surface area (Å²) < 4.78 is 43.4. The third kappa shape index (κ3) is 4.57. The summed E-state index contributed by atoms with van der Waals surface area (Å²) in [6, 6.07) is 18.9. The van der Waals surface area contributed by atoms with Crippen molar-refractivity contribution in [2.75, 3.05) is 13.1 Å². The van der Waals surface area contributed by atoms with Gasteiger partial charge in [0, 0.05) is 49.4 Å². The second kappa shape index (κ2) is 8.65. The summed E-state index contributed by atoms with van der Waals surface area (Å²) in [6.07, 6.45) is -3.78. The van der Waals surface area contributed by atoms with Crippen molar-refractivity contribution in [3.63, 3.8) is 0 Å². The van der Waals surface area contributed by atoms with Crippen LogP contribution >= 0.6 is 0 Å². The SMILES string of the molecule is N#Cc1cccc(CN2C[C@H]3C[C@H](C2)c2c(-c4ccc(OC(F)(F)F)cc4)ccc(=O)n2C3)c1. The molecule has 1 fully saturated rings. The molecule has 2 atom stereocenters. The quantitative estimate of drug-likeness (QED) is 0.550. The molecular formula is C26H22F3N3O2. The van der Waals surface area contributed by atoms with Crippen molar-refractivity contribution in [3.05, 3.63) is 87.8 Å². The molecule has 5 nitrogen and oxygen atoms in total. The second-order valence-corrected chi connectivity index (χ2v) is 8.96. The van der Waals surface area contributed by atoms with Gasteiger partial charge < -0.3 is 9.30 Å². The van der Waals surface area contributed by atoms with Gasteiger partial charge in [-0.1, -0.05) is 24.3 Å². The van der Waals surface area contributed by atoms with Crippen LogP contribution in [0.1, 0.15) is 29.2 Å². The highest BCUT2D eigenvalue weighted by Gasteiger charge is 2.36. The first kappa shape index (κ1) is 22.2. The van der Waals surface area contributed by atoms with Crippen molar-refractivity contribution >= 4 is 0 Å². The van der Waals surface area contributed by atoms with Crippen LogP contribution in [0.5, 0.6) is 5.75 Å². The minimum atomic E-state index is -4.74. The number of hydrogen-bond donors (Lipinski definition) is 0. The van der Waals surface area contributed by atoms with Crippen molar-refractivity contribution in [2.45, 2.75) is 31.8 Å². The number of benzene rings is 2. The molecule has 0 N–H and O–H groups in total. The molecule has 1 aromatic heterocycles. The lowest BCUT2D eigenvalue weighted by atomic mass is 9.80. The first-order chi connectivity index (χ1) is 16.3. The third-order valence-electron chi connectivity index (χ3n) is 6.53. The van der Waals surface area contributed by atoms with Crippen LogP contribution in [-0.2, 0) is 13.1 Å². The third-order valence-corrected chi connectivity index (χ3v) is 6.53. The Morgan fingerprint density at radius 3 is 2.56 bits per heavy atom. The normalized spacial score (nSPS) is 19.8. The topological polar surface area (TPSA) is 58.3 Å². The van der Waals surface area contributed by atoms with Gasteiger partial charge in [-0.3, -0.25) is 9.69 Å². The van der Waals surface area contributed by atoms with Crippen molar-refractivity contribution in [1.82, 2.24) is 9.47 Å². The van der Waals surface area contributed by atoms with Crippen molar-refractivity contribution in [2.24, 2.45) is 5.92 Å². The van der Waals surface area contributed by atoms with Gasteiger partial charge in [-0.2, -0.15) is 5.26 Å². The maximum absolute atomic E-state index is 12.7. The standard InChI is InChI=1S/C26H22F3N3O2/c27-26(28,29)34-22-6-4-20(5-7-22)23-8-9-24(33)32-15-19-11-21(25(23)32)16-31(14-19)13-18-3-1-2-17(10-18)12-30/h1-10,19,21H,11,13-16H2/t19-,21-/m1/s1. The number of ether oxygens (including phenoxy) is 1. The molecule has 0 radical (unpaired) electrons. The molecule has 2 aliphatic heterocycles. The Hall–Kier alpha value is -3.57. The Labute approximate surface area is 194 Å². The van der Waals surface area contributed by atoms with Gasteiger partial charge in [0.2, 0.25) is 0 Å². The molecule has 2 aliphatic rings. The number of nitrogens with zero attached hydrogens (tertiary/aromatic N) is 3. The molecule has 0 spiro atoms. The van der Waals surface area contributed by atoms with Gasteiger partial charge in [-0.05, 0) is 53.8 Å². The summed E-state index contributed by atoms with van der Waals surface area (Å²) in [5, 5.41) is 9.19. The van der Waals surface area contributed by atoms with Crippen molar-refractivity contribution < 1.29 is 17.9 Å². The average molecular weight is 465 g/mol. The van der Waals surface area contributed by atoms with Gasteiger partial charge in [0.25, 0.3) is 5.56 Å². The summed E-state index contributed by atoms with van der Waals surface area (Å²) in [5.74, 6) is 0.185. The van der Waals surface area contributed by atoms with Crippen LogP contribution in [-0.4, -0.2) is 28.9 Å². The molecule has 0 saturated carbocycles. The summed E-state index contributed by atoms with van der Waals surface area (Å²) in [7, 11) is 0. The van der Waals surface area contributed by atoms with E-state index in [0.29, 0.717) is 18.0 Å². The van der Waals surface area contributed by atoms with Crippen LogP contribution in [0.3, 0.4) is 0 Å². The van der Waals surface area contributed by atoms with E-state index in [4.69, 9.17) is 0 Å². The van der Waals surface area contributed by atoms with E-state index in [0.717, 1.165) is 48.4 Å². The minimum absolute atomic E-state index is 0.0550. The average Bonchev–Trinajstić information content (AvgIpc) is 2.79. The number of hydrogen-bond acceptors (Lipinski definition) is 4. The van der Waals surface area contributed by atoms with E-state index in [1.807, 2.05) is 22.8 Å². The fraction of sp³-hybridized carbons (Fsp3) is 0.308. The molecule has 3 aromatic rings. The van der Waals surface area contributed by atoms with Gasteiger partial charge in [-0.15, -0.1) is 13.2 Å². The fourth-order valence-electron chi connectivity index (χ4n) is 5.32. The Balaban J connectivity index is 1.44. The lowest BCUT2D eigenvalue weighted by Gasteiger charge is -2.43. The summed E-state index contributed by atoms with van der Waals surface area (Å²) >= 11 is 0. The number of piperidine rings is 1. The lowest BCUT2D eigenvalue weighted by Crippen LogP contribution is -2.47. The van der Waals surface area contributed by atoms with Gasteiger partial charge in [0.05, 0.1) is 11.6 Å². The number of likely N-dealkylation sites (tertiary alicyclic amines) is 1. The predicted molar refractivity (Wildman–Crippen MR) is 120 cm³/mol. The molecule has 2 aromatic carbocycles. The van der Waals surface area contributed by atoms with Gasteiger partial charge in [-0.25, -0.2) is 0 Å². The maximum Gasteiger partial charge on any atom is 0.573 e. The molecule has 34 heavy (non-hydrogen) atoms. The molecule has 174 valence electrons. The summed E-state index contributed by atoms with van der Waals surface area (Å²) in [4.78, 5) is 15.1. The van der Waals surface area contributed by atoms with E-state index in [2.05, 4.69) is 15.7 Å². The van der Waals surface area contributed by atoms with Crippen LogP contribution in [0.2, 0.25) is 0 Å². The zero-order valence-electron chi connectivity index (χ0n) is 18.3. The largest absolute Gasteiger partial charge is 0.573 e. The molecule has 1 saturated heterocycles. The highest BCUT2D eigenvalue weighted by atomic mass is 19.4. The first-order valence-corrected chi connectivity index (χ1v) is 11.1. The highest BCUT2D eigenvalue weighted by molar-refractivity contribution is 5.67. The molecule has 0 unspecified atom stereocenters. The number of pyridine rings is 1. The Morgan fingerprint density at radius 1 is 1.03 bits per heavy atom. The minimum Gasteiger partial charge on any atom is -0.406 e. The van der Waals surface area contributed by atoms with Gasteiger partial charge in [0.15, 0.2) is 0 Å². The van der Waals surface area contributed by atoms with E-state index in [1.54, 1.807) is 24.3 Å². The maximum atomic E-state index is 12.7. The smallest absolute Gasteiger partial charge is 0.406 e. The predicted octanol–water partition coefficient (Wildman–Crippen LogP) is 4.90. The molecule has 5 rings (SSSR count). The summed E-state index contributed by atoms with van der Waals surface area (Å²) in [5.41, 5.74) is 4.19. The zero-order chi connectivity index (χ0) is 23.9. The molecule has 3 heterocycles. The van der Waals surface area contributed by atoms with E-state index in [1.165, 1.54) is 18.2 Å². The molecule has 0 aliphatic carbocycles. The number of aromatic nitrogens is 1. The Morgan fingerprint density at radius 2 is 1.82 bits per heavy atom. The number of fused-ring (bicyclic) bond motifs is 4. The zero-order valence-corrected chi connectivity index (χ0v) is 18.3. The van der Waals surface area contributed by atoms with E-state index in [9.17, 15) is 23.2 Å². The van der Waals surface area contributed by atoms with Crippen LogP contribution < -0.4 is 10.3 Å². The van der Waals surface area contributed by atoms with E-state index >= 15 is 0 Å². The van der Waals surface area contributed by atoms with Crippen molar-refractivity contribution in [1.29, 1.82) is 5.26 Å². The van der Waals surface area contributed by atoms with Gasteiger partial charge >= 0.3 is 6.36 Å². The van der Waals surface area contributed by atoms with Crippen LogP contribution in [0.4, 0.5) is 13.2 Å². The van der Waals surface area contributed by atoms with Crippen LogP contribution in [0, 0.1) is 17.2 Å². The Bertz CT molecular complexity index is 1310. The first-order valence-electron chi connectivity index (χ1n) is 11.1. The van der Waals surface area contributed by atoms with Crippen LogP contribution in [0.15, 0.2) is 65.5 Å². The Kier molecular flexibility index (Phi) is 5.66. The van der Waals surface area contributed by atoms with E-state index in [-0.39, 0.29) is 17.2 Å². The van der Waals surface area contributed by atoms with E-state index < -0.39 is 6.36 Å². The number of rotatable bonds is 4. The fourth-order valence-corrected chi connectivity index (χ4v) is 5.32. The molecule has 0 amide bonds. The van der Waals surface area contributed by atoms with Crippen LogP contribution in [0.25, 0.3) is 11.1 Å². The van der Waals surface area contributed by atoms with Gasteiger partial charge in [0.1, 0.15) is 5.75 Å². The number of alkyl halides is 3. The monoisotopic (exact) mass is 465 g/mol. The summed E-state index contributed by atoms with van der Waals surface area (Å²) in [6.45, 7) is 2.97. The molecule has 8 heteroatoms. The van der Waals surface area contributed by atoms with Crippen molar-refractivity contribution in [3.8, 4) is 22.9 Å².